The minimum absolute atomic E-state index is 0.338. The van der Waals surface area contributed by atoms with Crippen LogP contribution >= 0.6 is 0 Å². The van der Waals surface area contributed by atoms with Crippen LogP contribution in [0, 0.1) is 0 Å². The molecule has 0 bridgehead atoms. The molecule has 1 aliphatic rings. The number of rotatable bonds is 6. The first-order valence-corrected chi connectivity index (χ1v) is 11.0. The van der Waals surface area contributed by atoms with Crippen LogP contribution in [0.1, 0.15) is 39.8 Å². The summed E-state index contributed by atoms with van der Waals surface area (Å²) < 4.78 is 9.47. The quantitative estimate of drug-likeness (QED) is 0.439. The number of nitrogens with zero attached hydrogens (tertiary/aromatic N) is 5. The number of ether oxygens (including phenoxy) is 1. The van der Waals surface area contributed by atoms with Gasteiger partial charge in [-0.1, -0.05) is 18.2 Å². The fourth-order valence-electron chi connectivity index (χ4n) is 4.63. The third-order valence-electron chi connectivity index (χ3n) is 6.14. The number of hydrogen-bond acceptors (Lipinski definition) is 5. The zero-order valence-corrected chi connectivity index (χ0v) is 18.5. The third kappa shape index (κ3) is 3.80. The predicted molar refractivity (Wildman–Crippen MR) is 122 cm³/mol. The van der Waals surface area contributed by atoms with E-state index in [2.05, 4.69) is 52.0 Å². The molecule has 0 fully saturated rings. The first-order valence-electron chi connectivity index (χ1n) is 11.0. The van der Waals surface area contributed by atoms with Crippen LogP contribution in [-0.4, -0.2) is 43.4 Å². The molecule has 3 aromatic heterocycles. The van der Waals surface area contributed by atoms with Gasteiger partial charge in [-0.3, -0.25) is 14.6 Å². The zero-order valence-electron chi connectivity index (χ0n) is 18.5. The zero-order chi connectivity index (χ0) is 22.1. The van der Waals surface area contributed by atoms with Gasteiger partial charge in [0.05, 0.1) is 13.2 Å². The minimum Gasteiger partial charge on any atom is -0.461 e. The van der Waals surface area contributed by atoms with Gasteiger partial charge in [-0.15, -0.1) is 0 Å². The van der Waals surface area contributed by atoms with Crippen LogP contribution < -0.4 is 0 Å². The average Bonchev–Trinajstić information content (AvgIpc) is 3.32. The summed E-state index contributed by atoms with van der Waals surface area (Å²) in [6.07, 6.45) is 6.61. The number of carbonyl (C=O) groups excluding carboxylic acids is 1. The van der Waals surface area contributed by atoms with Crippen LogP contribution in [0.2, 0.25) is 0 Å². The fraction of sp³-hybridized carbons (Fsp3) is 0.320. The maximum atomic E-state index is 12.7. The predicted octanol–water partition coefficient (Wildman–Crippen LogP) is 3.55. The monoisotopic (exact) mass is 429 g/mol. The molecule has 1 aliphatic heterocycles. The molecule has 7 heteroatoms. The Morgan fingerprint density at radius 2 is 1.94 bits per heavy atom. The Labute approximate surface area is 187 Å². The molecule has 0 amide bonds. The minimum atomic E-state index is -0.343. The van der Waals surface area contributed by atoms with Gasteiger partial charge in [-0.25, -0.2) is 4.79 Å². The molecule has 0 atom stereocenters. The summed E-state index contributed by atoms with van der Waals surface area (Å²) in [7, 11) is 2.09. The van der Waals surface area contributed by atoms with Crippen LogP contribution in [0.15, 0.2) is 55.0 Å². The Morgan fingerprint density at radius 3 is 2.75 bits per heavy atom. The lowest BCUT2D eigenvalue weighted by Gasteiger charge is -2.27. The van der Waals surface area contributed by atoms with Gasteiger partial charge in [0.1, 0.15) is 0 Å². The van der Waals surface area contributed by atoms with E-state index in [1.807, 2.05) is 23.7 Å². The topological polar surface area (TPSA) is 65.2 Å². The molecular weight excluding hydrogens is 402 g/mol. The summed E-state index contributed by atoms with van der Waals surface area (Å²) in [5.41, 5.74) is 6.20. The third-order valence-corrected chi connectivity index (χ3v) is 6.14. The number of para-hydroxylation sites is 1. The van der Waals surface area contributed by atoms with Crippen molar-refractivity contribution in [2.45, 2.75) is 33.0 Å². The molecule has 0 saturated carbocycles. The van der Waals surface area contributed by atoms with E-state index in [9.17, 15) is 4.79 Å². The normalized spacial score (nSPS) is 13.9. The Balaban J connectivity index is 1.45. The van der Waals surface area contributed by atoms with E-state index in [0.29, 0.717) is 25.4 Å². The van der Waals surface area contributed by atoms with Gasteiger partial charge in [0.15, 0.2) is 5.69 Å². The maximum absolute atomic E-state index is 12.7. The van der Waals surface area contributed by atoms with Crippen molar-refractivity contribution in [1.29, 1.82) is 0 Å². The summed E-state index contributed by atoms with van der Waals surface area (Å²) in [6, 6.07) is 12.4. The van der Waals surface area contributed by atoms with Crippen molar-refractivity contribution in [2.75, 3.05) is 13.2 Å². The summed E-state index contributed by atoms with van der Waals surface area (Å²) >= 11 is 0. The Morgan fingerprint density at radius 1 is 1.12 bits per heavy atom. The second kappa shape index (κ2) is 8.59. The van der Waals surface area contributed by atoms with E-state index in [1.54, 1.807) is 12.4 Å². The van der Waals surface area contributed by atoms with Gasteiger partial charge in [0, 0.05) is 73.9 Å². The first kappa shape index (κ1) is 20.5. The van der Waals surface area contributed by atoms with Gasteiger partial charge in [0.2, 0.25) is 0 Å². The number of esters is 1. The van der Waals surface area contributed by atoms with Gasteiger partial charge in [0.25, 0.3) is 0 Å². The van der Waals surface area contributed by atoms with Crippen LogP contribution in [-0.2, 0) is 37.8 Å². The number of pyridine rings is 1. The van der Waals surface area contributed by atoms with E-state index < -0.39 is 0 Å². The number of benzene rings is 1. The van der Waals surface area contributed by atoms with E-state index in [0.717, 1.165) is 36.3 Å². The molecule has 32 heavy (non-hydrogen) atoms. The summed E-state index contributed by atoms with van der Waals surface area (Å²) in [4.78, 5) is 19.2. The van der Waals surface area contributed by atoms with Crippen LogP contribution in [0.25, 0.3) is 10.9 Å². The Bertz CT molecular complexity index is 1260. The van der Waals surface area contributed by atoms with Gasteiger partial charge in [-0.05, 0) is 36.2 Å². The molecule has 1 aromatic carbocycles. The lowest BCUT2D eigenvalue weighted by atomic mass is 10.0. The summed E-state index contributed by atoms with van der Waals surface area (Å²) in [6.45, 7) is 5.21. The fourth-order valence-corrected chi connectivity index (χ4v) is 4.63. The maximum Gasteiger partial charge on any atom is 0.359 e. The van der Waals surface area contributed by atoms with Crippen LogP contribution in [0.3, 0.4) is 0 Å². The van der Waals surface area contributed by atoms with Gasteiger partial charge >= 0.3 is 5.97 Å². The molecule has 4 heterocycles. The molecule has 0 radical (unpaired) electrons. The Hall–Kier alpha value is -3.45. The number of hydrogen-bond donors (Lipinski definition) is 0. The van der Waals surface area contributed by atoms with Gasteiger partial charge in [-0.2, -0.15) is 5.10 Å². The van der Waals surface area contributed by atoms with Crippen molar-refractivity contribution in [2.24, 2.45) is 7.05 Å². The largest absolute Gasteiger partial charge is 0.461 e. The Kier molecular flexibility index (Phi) is 5.49. The number of aromatic nitrogens is 4. The highest BCUT2D eigenvalue weighted by Gasteiger charge is 2.29. The second-order valence-electron chi connectivity index (χ2n) is 8.25. The molecule has 7 nitrogen and oxygen atoms in total. The lowest BCUT2D eigenvalue weighted by molar-refractivity contribution is 0.0515. The molecular formula is C25H27N5O2. The smallest absolute Gasteiger partial charge is 0.359 e. The van der Waals surface area contributed by atoms with Crippen molar-refractivity contribution in [1.82, 2.24) is 24.2 Å². The number of fused-ring (bicyclic) bond motifs is 2. The highest BCUT2D eigenvalue weighted by atomic mass is 16.5. The van der Waals surface area contributed by atoms with E-state index in [-0.39, 0.29) is 5.97 Å². The lowest BCUT2D eigenvalue weighted by Crippen LogP contribution is -2.31. The number of aryl methyl sites for hydroxylation is 1. The highest BCUT2D eigenvalue weighted by Crippen LogP contribution is 2.28. The van der Waals surface area contributed by atoms with E-state index in [1.165, 1.54) is 16.5 Å². The summed E-state index contributed by atoms with van der Waals surface area (Å²) in [5, 5.41) is 5.97. The molecule has 0 spiro atoms. The summed E-state index contributed by atoms with van der Waals surface area (Å²) in [5.74, 6) is -0.343. The first-order chi connectivity index (χ1) is 15.6. The molecule has 4 aromatic rings. The molecule has 0 saturated heterocycles. The number of carbonyl (C=O) groups is 1. The van der Waals surface area contributed by atoms with Crippen molar-refractivity contribution in [3.63, 3.8) is 0 Å². The van der Waals surface area contributed by atoms with Crippen molar-refractivity contribution in [3.8, 4) is 0 Å². The van der Waals surface area contributed by atoms with Gasteiger partial charge < -0.3 is 9.30 Å². The van der Waals surface area contributed by atoms with Crippen LogP contribution in [0.4, 0.5) is 0 Å². The highest BCUT2D eigenvalue weighted by molar-refractivity contribution is 5.89. The standard InChI is InChI=1S/C25H27N5O2/c1-3-32-25(31)24-21-17-29(16-19-15-28(2)22-7-5-4-6-20(19)22)13-10-23(21)30(27-24)14-18-8-11-26-12-9-18/h4-9,11-12,15H,3,10,13-14,16-17H2,1-2H3. The second-order valence-corrected chi connectivity index (χ2v) is 8.25. The van der Waals surface area contributed by atoms with Crippen molar-refractivity contribution >= 4 is 16.9 Å². The average molecular weight is 430 g/mol. The van der Waals surface area contributed by atoms with Crippen molar-refractivity contribution < 1.29 is 9.53 Å². The molecule has 0 N–H and O–H groups in total. The van der Waals surface area contributed by atoms with E-state index in [4.69, 9.17) is 9.84 Å². The molecule has 0 unspecified atom stereocenters. The molecule has 0 aliphatic carbocycles. The van der Waals surface area contributed by atoms with E-state index >= 15 is 0 Å². The SMILES string of the molecule is CCOC(=O)c1nn(Cc2ccncc2)c2c1CN(Cc1cn(C)c3ccccc13)CC2. The van der Waals surface area contributed by atoms with Crippen molar-refractivity contribution in [3.05, 3.63) is 83.1 Å². The van der Waals surface area contributed by atoms with Crippen LogP contribution in [0.5, 0.6) is 0 Å². The molecule has 5 rings (SSSR count). The molecule has 164 valence electrons.